The molecule has 0 saturated carbocycles. The Hall–Kier alpha value is -2.81. The Morgan fingerprint density at radius 3 is 2.68 bits per heavy atom. The van der Waals surface area contributed by atoms with Gasteiger partial charge in [-0.2, -0.15) is 13.2 Å². The lowest BCUT2D eigenvalue weighted by Crippen LogP contribution is -2.31. The van der Waals surface area contributed by atoms with Gasteiger partial charge in [-0.15, -0.1) is 0 Å². The summed E-state index contributed by atoms with van der Waals surface area (Å²) in [6.45, 7) is -0.0808. The van der Waals surface area contributed by atoms with Crippen LogP contribution in [0.4, 0.5) is 13.2 Å². The standard InChI is InChI=1S/C19H13BrF3NO4/c20-13-4-5-16-11(8-13)9-15(18(26)28-16)17(25)24-6-7-27-14-3-1-2-12(10-14)19(21,22)23/h1-5,8-10H,6-7H2,(H,24,25). The van der Waals surface area contributed by atoms with Crippen molar-refractivity contribution in [1.29, 1.82) is 0 Å². The van der Waals surface area contributed by atoms with Gasteiger partial charge in [-0.3, -0.25) is 4.79 Å². The summed E-state index contributed by atoms with van der Waals surface area (Å²) < 4.78 is 49.1. The van der Waals surface area contributed by atoms with Crippen molar-refractivity contribution in [3.05, 3.63) is 74.6 Å². The molecule has 0 bridgehead atoms. The van der Waals surface area contributed by atoms with E-state index in [-0.39, 0.29) is 24.5 Å². The van der Waals surface area contributed by atoms with Gasteiger partial charge >= 0.3 is 11.8 Å². The second-order valence-electron chi connectivity index (χ2n) is 5.76. The van der Waals surface area contributed by atoms with Crippen LogP contribution in [0.25, 0.3) is 11.0 Å². The third-order valence-electron chi connectivity index (χ3n) is 3.76. The smallest absolute Gasteiger partial charge is 0.416 e. The molecule has 0 fully saturated rings. The van der Waals surface area contributed by atoms with Crippen molar-refractivity contribution in [2.45, 2.75) is 6.18 Å². The van der Waals surface area contributed by atoms with Crippen LogP contribution in [0.5, 0.6) is 5.75 Å². The molecule has 3 aromatic rings. The topological polar surface area (TPSA) is 68.5 Å². The molecule has 146 valence electrons. The number of benzene rings is 2. The zero-order valence-electron chi connectivity index (χ0n) is 14.2. The van der Waals surface area contributed by atoms with Crippen molar-refractivity contribution >= 4 is 32.8 Å². The summed E-state index contributed by atoms with van der Waals surface area (Å²) in [6.07, 6.45) is -4.47. The molecular weight excluding hydrogens is 443 g/mol. The van der Waals surface area contributed by atoms with Crippen LogP contribution in [0, 0.1) is 0 Å². The minimum Gasteiger partial charge on any atom is -0.492 e. The highest BCUT2D eigenvalue weighted by Gasteiger charge is 2.30. The van der Waals surface area contributed by atoms with E-state index >= 15 is 0 Å². The summed E-state index contributed by atoms with van der Waals surface area (Å²) in [4.78, 5) is 24.2. The molecule has 28 heavy (non-hydrogen) atoms. The summed E-state index contributed by atoms with van der Waals surface area (Å²) in [6, 6.07) is 10.8. The van der Waals surface area contributed by atoms with E-state index in [9.17, 15) is 22.8 Å². The van der Waals surface area contributed by atoms with Gasteiger partial charge < -0.3 is 14.5 Å². The first kappa shape index (κ1) is 19.9. The number of alkyl halides is 3. The molecule has 1 amide bonds. The molecule has 1 heterocycles. The minimum atomic E-state index is -4.47. The first-order valence-corrected chi connectivity index (χ1v) is 8.85. The lowest BCUT2D eigenvalue weighted by Gasteiger charge is -2.10. The SMILES string of the molecule is O=C(NCCOc1cccc(C(F)(F)F)c1)c1cc2cc(Br)ccc2oc1=O. The normalized spacial score (nSPS) is 11.4. The lowest BCUT2D eigenvalue weighted by molar-refractivity contribution is -0.137. The maximum atomic E-state index is 12.7. The summed E-state index contributed by atoms with van der Waals surface area (Å²) in [5.74, 6) is -0.637. The van der Waals surface area contributed by atoms with Crippen molar-refractivity contribution in [2.75, 3.05) is 13.2 Å². The second-order valence-corrected chi connectivity index (χ2v) is 6.68. The van der Waals surface area contributed by atoms with Gasteiger partial charge in [0.15, 0.2) is 0 Å². The maximum absolute atomic E-state index is 12.7. The zero-order chi connectivity index (χ0) is 20.3. The molecule has 1 aromatic heterocycles. The van der Waals surface area contributed by atoms with Crippen LogP contribution in [-0.4, -0.2) is 19.1 Å². The van der Waals surface area contributed by atoms with Crippen LogP contribution in [0.1, 0.15) is 15.9 Å². The zero-order valence-corrected chi connectivity index (χ0v) is 15.8. The van der Waals surface area contributed by atoms with Crippen molar-refractivity contribution < 1.29 is 27.1 Å². The van der Waals surface area contributed by atoms with Gasteiger partial charge in [-0.1, -0.05) is 22.0 Å². The first-order valence-electron chi connectivity index (χ1n) is 8.06. The van der Waals surface area contributed by atoms with Crippen molar-refractivity contribution in [3.63, 3.8) is 0 Å². The highest BCUT2D eigenvalue weighted by molar-refractivity contribution is 9.10. The summed E-state index contributed by atoms with van der Waals surface area (Å²) in [5.41, 5.74) is -1.44. The number of carbonyl (C=O) groups excluding carboxylic acids is 1. The van der Waals surface area contributed by atoms with Gasteiger partial charge in [0.2, 0.25) is 0 Å². The van der Waals surface area contributed by atoms with Gasteiger partial charge in [0, 0.05) is 9.86 Å². The van der Waals surface area contributed by atoms with Crippen molar-refractivity contribution in [1.82, 2.24) is 5.32 Å². The number of ether oxygens (including phenoxy) is 1. The van der Waals surface area contributed by atoms with Crippen LogP contribution in [0.2, 0.25) is 0 Å². The quantitative estimate of drug-likeness (QED) is 0.457. The highest BCUT2D eigenvalue weighted by atomic mass is 79.9. The van der Waals surface area contributed by atoms with Gasteiger partial charge in [0.1, 0.15) is 23.5 Å². The largest absolute Gasteiger partial charge is 0.492 e. The van der Waals surface area contributed by atoms with E-state index in [0.717, 1.165) is 16.6 Å². The Bertz CT molecular complexity index is 1080. The predicted molar refractivity (Wildman–Crippen MR) is 99.5 cm³/mol. The fraction of sp³-hybridized carbons (Fsp3) is 0.158. The molecule has 0 unspecified atom stereocenters. The molecule has 5 nitrogen and oxygen atoms in total. The van der Waals surface area contributed by atoms with Crippen LogP contribution < -0.4 is 15.7 Å². The Labute approximate surface area is 165 Å². The second kappa shape index (κ2) is 8.05. The molecule has 3 rings (SSSR count). The van der Waals surface area contributed by atoms with E-state index in [1.165, 1.54) is 18.2 Å². The number of carbonyl (C=O) groups is 1. The number of amides is 1. The van der Waals surface area contributed by atoms with Crippen LogP contribution in [0.15, 0.2) is 62.2 Å². The van der Waals surface area contributed by atoms with E-state index in [0.29, 0.717) is 11.0 Å². The molecule has 0 aliphatic carbocycles. The number of hydrogen-bond acceptors (Lipinski definition) is 4. The van der Waals surface area contributed by atoms with Gasteiger partial charge in [-0.25, -0.2) is 4.79 Å². The average molecular weight is 456 g/mol. The summed E-state index contributed by atoms with van der Waals surface area (Å²) in [7, 11) is 0. The Morgan fingerprint density at radius 2 is 1.93 bits per heavy atom. The lowest BCUT2D eigenvalue weighted by atomic mass is 10.2. The van der Waals surface area contributed by atoms with Crippen LogP contribution in [0.3, 0.4) is 0 Å². The molecule has 0 aliphatic heterocycles. The minimum absolute atomic E-state index is 0.00889. The molecule has 0 spiro atoms. The number of rotatable bonds is 5. The monoisotopic (exact) mass is 455 g/mol. The number of hydrogen-bond donors (Lipinski definition) is 1. The third kappa shape index (κ3) is 4.72. The molecule has 0 radical (unpaired) electrons. The Morgan fingerprint density at radius 1 is 1.14 bits per heavy atom. The predicted octanol–water partition coefficient (Wildman–Crippen LogP) is 4.38. The maximum Gasteiger partial charge on any atom is 0.416 e. The highest BCUT2D eigenvalue weighted by Crippen LogP contribution is 2.31. The van der Waals surface area contributed by atoms with Crippen molar-refractivity contribution in [3.8, 4) is 5.75 Å². The first-order chi connectivity index (χ1) is 13.2. The average Bonchev–Trinajstić information content (AvgIpc) is 2.64. The van der Waals surface area contributed by atoms with Gasteiger partial charge in [0.25, 0.3) is 5.91 Å². The van der Waals surface area contributed by atoms with Gasteiger partial charge in [-0.05, 0) is 42.5 Å². The fourth-order valence-electron chi connectivity index (χ4n) is 2.44. The summed E-state index contributed by atoms with van der Waals surface area (Å²) >= 11 is 3.30. The number of halogens is 4. The van der Waals surface area contributed by atoms with E-state index in [1.807, 2.05) is 0 Å². The number of nitrogens with one attached hydrogen (secondary N) is 1. The van der Waals surface area contributed by atoms with Crippen molar-refractivity contribution in [2.24, 2.45) is 0 Å². The number of fused-ring (bicyclic) bond motifs is 1. The van der Waals surface area contributed by atoms with Gasteiger partial charge in [0.05, 0.1) is 12.1 Å². The molecule has 0 aliphatic rings. The Balaban J connectivity index is 1.61. The van der Waals surface area contributed by atoms with E-state index in [2.05, 4.69) is 21.2 Å². The van der Waals surface area contributed by atoms with E-state index in [1.54, 1.807) is 18.2 Å². The molecule has 9 heteroatoms. The summed E-state index contributed by atoms with van der Waals surface area (Å²) in [5, 5.41) is 3.05. The molecule has 0 atom stereocenters. The molecule has 1 N–H and O–H groups in total. The molecular formula is C19H13BrF3NO4. The molecule has 2 aromatic carbocycles. The van der Waals surface area contributed by atoms with Crippen LogP contribution >= 0.6 is 15.9 Å². The Kier molecular flexibility index (Phi) is 5.73. The van der Waals surface area contributed by atoms with E-state index < -0.39 is 23.3 Å². The van der Waals surface area contributed by atoms with Crippen LogP contribution in [-0.2, 0) is 6.18 Å². The third-order valence-corrected chi connectivity index (χ3v) is 4.25. The molecule has 0 saturated heterocycles. The fourth-order valence-corrected chi connectivity index (χ4v) is 2.82. The van der Waals surface area contributed by atoms with E-state index in [4.69, 9.17) is 9.15 Å².